The molecule has 0 spiro atoms. The van der Waals surface area contributed by atoms with E-state index in [1.165, 1.54) is 7.11 Å². The standard InChI is InChI=1S/C16H22O7/c1-9-10(12(18)23-11(9)17)16(3,14(20)21-4)6-5-15(2)7-8-22-13(15)19/h9-10H,5-8H2,1-4H3. The number of ether oxygens (including phenoxy) is 3. The van der Waals surface area contributed by atoms with Crippen molar-refractivity contribution in [1.29, 1.82) is 0 Å². The van der Waals surface area contributed by atoms with Crippen LogP contribution in [0.2, 0.25) is 0 Å². The molecule has 2 aliphatic rings. The number of esters is 4. The molecule has 0 amide bonds. The second-order valence-electron chi connectivity index (χ2n) is 6.86. The van der Waals surface area contributed by atoms with Crippen molar-refractivity contribution in [3.63, 3.8) is 0 Å². The van der Waals surface area contributed by atoms with Crippen LogP contribution in [0.3, 0.4) is 0 Å². The van der Waals surface area contributed by atoms with Gasteiger partial charge in [-0.05, 0) is 33.1 Å². The van der Waals surface area contributed by atoms with Crippen molar-refractivity contribution in [3.05, 3.63) is 0 Å². The molecule has 4 unspecified atom stereocenters. The largest absolute Gasteiger partial charge is 0.469 e. The van der Waals surface area contributed by atoms with E-state index in [4.69, 9.17) is 9.47 Å². The Morgan fingerprint density at radius 2 is 2.00 bits per heavy atom. The summed E-state index contributed by atoms with van der Waals surface area (Å²) < 4.78 is 14.5. The number of carbonyl (C=O) groups is 4. The third-order valence-electron chi connectivity index (χ3n) is 5.24. The average Bonchev–Trinajstić information content (AvgIpc) is 2.96. The van der Waals surface area contributed by atoms with Crippen LogP contribution in [0.25, 0.3) is 0 Å². The first-order valence-electron chi connectivity index (χ1n) is 7.67. The van der Waals surface area contributed by atoms with Gasteiger partial charge in [-0.2, -0.15) is 0 Å². The van der Waals surface area contributed by atoms with Crippen LogP contribution in [0.1, 0.15) is 40.0 Å². The second-order valence-corrected chi connectivity index (χ2v) is 6.86. The molecule has 2 rings (SSSR count). The molecule has 2 fully saturated rings. The van der Waals surface area contributed by atoms with E-state index in [1.54, 1.807) is 20.8 Å². The normalized spacial score (nSPS) is 33.1. The molecular weight excluding hydrogens is 304 g/mol. The van der Waals surface area contributed by atoms with Gasteiger partial charge in [0.2, 0.25) is 0 Å². The second kappa shape index (κ2) is 5.94. The van der Waals surface area contributed by atoms with Gasteiger partial charge in [0.25, 0.3) is 0 Å². The zero-order valence-corrected chi connectivity index (χ0v) is 13.8. The summed E-state index contributed by atoms with van der Waals surface area (Å²) >= 11 is 0. The summed E-state index contributed by atoms with van der Waals surface area (Å²) in [5.74, 6) is -3.88. The molecule has 128 valence electrons. The van der Waals surface area contributed by atoms with Gasteiger partial charge < -0.3 is 14.2 Å². The van der Waals surface area contributed by atoms with E-state index < -0.39 is 40.6 Å². The molecule has 0 aromatic carbocycles. The van der Waals surface area contributed by atoms with E-state index in [0.29, 0.717) is 19.4 Å². The summed E-state index contributed by atoms with van der Waals surface area (Å²) in [4.78, 5) is 47.9. The van der Waals surface area contributed by atoms with Gasteiger partial charge >= 0.3 is 23.9 Å². The molecule has 0 aliphatic carbocycles. The van der Waals surface area contributed by atoms with Crippen molar-refractivity contribution in [2.45, 2.75) is 40.0 Å². The summed E-state index contributed by atoms with van der Waals surface area (Å²) in [7, 11) is 1.24. The number of rotatable bonds is 5. The van der Waals surface area contributed by atoms with Crippen LogP contribution in [0, 0.1) is 22.7 Å². The molecule has 7 heteroatoms. The first-order chi connectivity index (χ1) is 10.7. The smallest absolute Gasteiger partial charge is 0.318 e. The van der Waals surface area contributed by atoms with E-state index in [9.17, 15) is 19.2 Å². The van der Waals surface area contributed by atoms with Crippen LogP contribution in [0.4, 0.5) is 0 Å². The van der Waals surface area contributed by atoms with Gasteiger partial charge in [0.05, 0.1) is 36.4 Å². The Kier molecular flexibility index (Phi) is 4.50. The Balaban J connectivity index is 2.26. The highest BCUT2D eigenvalue weighted by molar-refractivity contribution is 5.99. The van der Waals surface area contributed by atoms with Crippen molar-refractivity contribution < 1.29 is 33.4 Å². The average molecular weight is 326 g/mol. The van der Waals surface area contributed by atoms with Gasteiger partial charge in [-0.15, -0.1) is 0 Å². The Bertz CT molecular complexity index is 555. The van der Waals surface area contributed by atoms with Gasteiger partial charge in [0.15, 0.2) is 0 Å². The van der Waals surface area contributed by atoms with Crippen molar-refractivity contribution in [1.82, 2.24) is 0 Å². The monoisotopic (exact) mass is 326 g/mol. The lowest BCUT2D eigenvalue weighted by Gasteiger charge is -2.34. The number of hydrogen-bond donors (Lipinski definition) is 0. The van der Waals surface area contributed by atoms with Gasteiger partial charge in [-0.1, -0.05) is 6.92 Å². The maximum atomic E-state index is 12.4. The van der Waals surface area contributed by atoms with Crippen molar-refractivity contribution in [3.8, 4) is 0 Å². The lowest BCUT2D eigenvalue weighted by atomic mass is 9.66. The Morgan fingerprint density at radius 3 is 2.43 bits per heavy atom. The molecule has 0 N–H and O–H groups in total. The fourth-order valence-corrected chi connectivity index (χ4v) is 3.43. The van der Waals surface area contributed by atoms with E-state index in [-0.39, 0.29) is 12.4 Å². The van der Waals surface area contributed by atoms with Crippen molar-refractivity contribution in [2.75, 3.05) is 13.7 Å². The van der Waals surface area contributed by atoms with E-state index >= 15 is 0 Å². The number of methoxy groups -OCH3 is 1. The highest BCUT2D eigenvalue weighted by Crippen LogP contribution is 2.46. The molecule has 0 aromatic rings. The molecule has 0 aromatic heterocycles. The number of hydrogen-bond acceptors (Lipinski definition) is 7. The summed E-state index contributed by atoms with van der Waals surface area (Å²) in [5.41, 5.74) is -1.92. The molecule has 7 nitrogen and oxygen atoms in total. The van der Waals surface area contributed by atoms with Gasteiger partial charge in [0.1, 0.15) is 0 Å². The molecule has 4 atom stereocenters. The van der Waals surface area contributed by atoms with Crippen LogP contribution in [-0.4, -0.2) is 37.6 Å². The first kappa shape index (κ1) is 17.4. The summed E-state index contributed by atoms with van der Waals surface area (Å²) in [6.07, 6.45) is 1.15. The predicted octanol–water partition coefficient (Wildman–Crippen LogP) is 1.23. The molecular formula is C16H22O7. The van der Waals surface area contributed by atoms with E-state index in [2.05, 4.69) is 4.74 Å². The van der Waals surface area contributed by atoms with Crippen LogP contribution < -0.4 is 0 Å². The van der Waals surface area contributed by atoms with Crippen LogP contribution in [0.15, 0.2) is 0 Å². The SMILES string of the molecule is COC(=O)C(C)(CCC1(C)CCOC1=O)C1C(=O)OC(=O)C1C. The maximum Gasteiger partial charge on any atom is 0.318 e. The predicted molar refractivity (Wildman–Crippen MR) is 76.8 cm³/mol. The molecule has 0 saturated carbocycles. The van der Waals surface area contributed by atoms with Crippen LogP contribution >= 0.6 is 0 Å². The lowest BCUT2D eigenvalue weighted by molar-refractivity contribution is -0.164. The van der Waals surface area contributed by atoms with Gasteiger partial charge in [-0.3, -0.25) is 19.2 Å². The Labute approximate surface area is 134 Å². The number of cyclic esters (lactones) is 3. The zero-order valence-electron chi connectivity index (χ0n) is 13.8. The fraction of sp³-hybridized carbons (Fsp3) is 0.750. The molecule has 2 aliphatic heterocycles. The fourth-order valence-electron chi connectivity index (χ4n) is 3.43. The Hall–Kier alpha value is -1.92. The molecule has 2 heterocycles. The van der Waals surface area contributed by atoms with E-state index in [0.717, 1.165) is 0 Å². The summed E-state index contributed by atoms with van der Waals surface area (Å²) in [5, 5.41) is 0. The van der Waals surface area contributed by atoms with Gasteiger partial charge in [0, 0.05) is 0 Å². The Morgan fingerprint density at radius 1 is 1.35 bits per heavy atom. The zero-order chi connectivity index (χ0) is 17.4. The first-order valence-corrected chi connectivity index (χ1v) is 7.67. The third-order valence-corrected chi connectivity index (χ3v) is 5.24. The maximum absolute atomic E-state index is 12.4. The molecule has 0 radical (unpaired) electrons. The third kappa shape index (κ3) is 2.84. The van der Waals surface area contributed by atoms with Crippen molar-refractivity contribution in [2.24, 2.45) is 22.7 Å². The van der Waals surface area contributed by atoms with Crippen LogP contribution in [-0.2, 0) is 33.4 Å². The van der Waals surface area contributed by atoms with Gasteiger partial charge in [-0.25, -0.2) is 0 Å². The minimum absolute atomic E-state index is 0.225. The highest BCUT2D eigenvalue weighted by Gasteiger charge is 2.57. The minimum atomic E-state index is -1.23. The summed E-state index contributed by atoms with van der Waals surface area (Å²) in [6, 6.07) is 0. The van der Waals surface area contributed by atoms with Crippen LogP contribution in [0.5, 0.6) is 0 Å². The van der Waals surface area contributed by atoms with E-state index in [1.807, 2.05) is 0 Å². The summed E-state index contributed by atoms with van der Waals surface area (Å²) in [6.45, 7) is 5.28. The number of carbonyl (C=O) groups excluding carboxylic acids is 4. The van der Waals surface area contributed by atoms with Crippen molar-refractivity contribution >= 4 is 23.9 Å². The molecule has 2 saturated heterocycles. The lowest BCUT2D eigenvalue weighted by Crippen LogP contribution is -2.43. The molecule has 0 bridgehead atoms. The highest BCUT2D eigenvalue weighted by atomic mass is 16.6. The topological polar surface area (TPSA) is 96.0 Å². The quantitative estimate of drug-likeness (QED) is 0.426. The minimum Gasteiger partial charge on any atom is -0.469 e. The molecule has 23 heavy (non-hydrogen) atoms.